The second-order valence-corrected chi connectivity index (χ2v) is 12.4. The Morgan fingerprint density at radius 2 is 1.85 bits per heavy atom. The summed E-state index contributed by atoms with van der Waals surface area (Å²) in [5.41, 5.74) is 1.000. The van der Waals surface area contributed by atoms with E-state index in [1.165, 1.54) is 30.7 Å². The zero-order chi connectivity index (χ0) is 23.2. The van der Waals surface area contributed by atoms with Crippen molar-refractivity contribution >= 4 is 17.7 Å². The van der Waals surface area contributed by atoms with Gasteiger partial charge in [-0.3, -0.25) is 9.36 Å². The van der Waals surface area contributed by atoms with Crippen LogP contribution in [0.5, 0.6) is 0 Å². The first-order chi connectivity index (χ1) is 15.7. The summed E-state index contributed by atoms with van der Waals surface area (Å²) in [6.45, 7) is 7.85. The van der Waals surface area contributed by atoms with Gasteiger partial charge in [0.2, 0.25) is 5.91 Å². The van der Waals surface area contributed by atoms with Crippen molar-refractivity contribution in [1.29, 1.82) is 0 Å². The molecule has 0 spiro atoms. The molecule has 33 heavy (non-hydrogen) atoms. The van der Waals surface area contributed by atoms with Gasteiger partial charge in [-0.1, -0.05) is 63.9 Å². The highest BCUT2D eigenvalue weighted by Crippen LogP contribution is 2.52. The molecule has 1 aromatic carbocycles. The van der Waals surface area contributed by atoms with Crippen LogP contribution in [0.1, 0.15) is 78.2 Å². The smallest absolute Gasteiger partial charge is 0.233 e. The predicted molar refractivity (Wildman–Crippen MR) is 130 cm³/mol. The maximum atomic E-state index is 14.6. The molecule has 178 valence electrons. The maximum Gasteiger partial charge on any atom is 0.233 e. The molecular formula is C26H35FN4OS. The minimum atomic E-state index is -0.283. The molecule has 2 saturated carbocycles. The number of aromatic nitrogens is 3. The standard InChI is InChI=1S/C26H35FN4OS/c1-25(2)13-19-14-26(3,16-25)17-30(19)22(32)15-33-24-29-28-23(20-11-7-8-12-21(20)27)31(24)18-9-5-4-6-10-18/h7-8,11-12,18-19H,4-6,9-10,13-17H2,1-3H3. The van der Waals surface area contributed by atoms with Gasteiger partial charge in [0, 0.05) is 18.6 Å². The lowest BCUT2D eigenvalue weighted by atomic mass is 9.65. The lowest BCUT2D eigenvalue weighted by molar-refractivity contribution is -0.129. The van der Waals surface area contributed by atoms with Crippen LogP contribution >= 0.6 is 11.8 Å². The van der Waals surface area contributed by atoms with Crippen LogP contribution in [0.2, 0.25) is 0 Å². The third-order valence-corrected chi connectivity index (χ3v) is 8.71. The second-order valence-electron chi connectivity index (χ2n) is 11.5. The Bertz CT molecular complexity index is 1030. The van der Waals surface area contributed by atoms with Gasteiger partial charge in [0.1, 0.15) is 5.82 Å². The number of nitrogens with zero attached hydrogens (tertiary/aromatic N) is 4. The van der Waals surface area contributed by atoms with E-state index in [1.807, 2.05) is 6.07 Å². The van der Waals surface area contributed by atoms with Crippen molar-refractivity contribution in [2.45, 2.75) is 89.4 Å². The monoisotopic (exact) mass is 470 g/mol. The molecule has 1 saturated heterocycles. The Kier molecular flexibility index (Phi) is 6.04. The number of halogens is 1. The Labute approximate surface area is 200 Å². The number of amides is 1. The molecule has 5 rings (SSSR count). The molecule has 7 heteroatoms. The number of carbonyl (C=O) groups excluding carboxylic acids is 1. The molecule has 3 aliphatic rings. The number of benzene rings is 1. The molecule has 2 aromatic rings. The number of likely N-dealkylation sites (tertiary alicyclic amines) is 1. The average molecular weight is 471 g/mol. The molecule has 2 heterocycles. The Hall–Kier alpha value is -1.89. The van der Waals surface area contributed by atoms with E-state index in [4.69, 9.17) is 0 Å². The first-order valence-electron chi connectivity index (χ1n) is 12.4. The molecule has 1 amide bonds. The van der Waals surface area contributed by atoms with Crippen molar-refractivity contribution in [3.05, 3.63) is 30.1 Å². The van der Waals surface area contributed by atoms with E-state index >= 15 is 0 Å². The highest BCUT2D eigenvalue weighted by atomic mass is 32.2. The highest BCUT2D eigenvalue weighted by Gasteiger charge is 2.50. The van der Waals surface area contributed by atoms with Gasteiger partial charge in [-0.15, -0.1) is 10.2 Å². The molecule has 2 unspecified atom stereocenters. The molecule has 1 aliphatic heterocycles. The summed E-state index contributed by atoms with van der Waals surface area (Å²) in [4.78, 5) is 15.4. The number of hydrogen-bond acceptors (Lipinski definition) is 4. The van der Waals surface area contributed by atoms with E-state index in [0.29, 0.717) is 23.2 Å². The van der Waals surface area contributed by atoms with Gasteiger partial charge in [-0.25, -0.2) is 4.39 Å². The zero-order valence-electron chi connectivity index (χ0n) is 20.0. The second kappa shape index (κ2) is 8.71. The first kappa shape index (κ1) is 22.9. The number of carbonyl (C=O) groups is 1. The number of thioether (sulfide) groups is 1. The van der Waals surface area contributed by atoms with Crippen molar-refractivity contribution in [3.63, 3.8) is 0 Å². The summed E-state index contributed by atoms with van der Waals surface area (Å²) in [5, 5.41) is 9.60. The predicted octanol–water partition coefficient (Wildman–Crippen LogP) is 6.11. The Morgan fingerprint density at radius 1 is 1.09 bits per heavy atom. The van der Waals surface area contributed by atoms with Crippen LogP contribution < -0.4 is 0 Å². The molecule has 2 aliphatic carbocycles. The average Bonchev–Trinajstić information content (AvgIpc) is 3.30. The normalized spacial score (nSPS) is 27.2. The van der Waals surface area contributed by atoms with Crippen LogP contribution in [-0.2, 0) is 4.79 Å². The van der Waals surface area contributed by atoms with Crippen LogP contribution in [0.15, 0.2) is 29.4 Å². The van der Waals surface area contributed by atoms with Crippen LogP contribution in [0.25, 0.3) is 11.4 Å². The molecule has 1 aromatic heterocycles. The van der Waals surface area contributed by atoms with Gasteiger partial charge >= 0.3 is 0 Å². The van der Waals surface area contributed by atoms with Crippen molar-refractivity contribution < 1.29 is 9.18 Å². The summed E-state index contributed by atoms with van der Waals surface area (Å²) in [5.74, 6) is 0.850. The summed E-state index contributed by atoms with van der Waals surface area (Å²) < 4.78 is 16.7. The Balaban J connectivity index is 1.37. The number of fused-ring (bicyclic) bond motifs is 2. The largest absolute Gasteiger partial charge is 0.338 e. The summed E-state index contributed by atoms with van der Waals surface area (Å²) >= 11 is 1.47. The third-order valence-electron chi connectivity index (χ3n) is 7.78. The fourth-order valence-corrected chi connectivity index (χ4v) is 7.72. The lowest BCUT2D eigenvalue weighted by Crippen LogP contribution is -2.38. The van der Waals surface area contributed by atoms with Crippen LogP contribution in [0, 0.1) is 16.6 Å². The van der Waals surface area contributed by atoms with Crippen LogP contribution in [0.3, 0.4) is 0 Å². The van der Waals surface area contributed by atoms with Crippen molar-refractivity contribution in [2.75, 3.05) is 12.3 Å². The van der Waals surface area contributed by atoms with E-state index in [2.05, 4.69) is 40.4 Å². The molecule has 2 bridgehead atoms. The minimum absolute atomic E-state index is 0.192. The van der Waals surface area contributed by atoms with Gasteiger partial charge in [0.05, 0.1) is 11.3 Å². The molecule has 0 N–H and O–H groups in total. The molecule has 3 fully saturated rings. The fourth-order valence-electron chi connectivity index (χ4n) is 6.83. The van der Waals surface area contributed by atoms with Gasteiger partial charge in [-0.05, 0) is 55.1 Å². The van der Waals surface area contributed by atoms with Gasteiger partial charge in [0.15, 0.2) is 11.0 Å². The summed E-state index contributed by atoms with van der Waals surface area (Å²) in [6, 6.07) is 7.37. The molecule has 2 atom stereocenters. The van der Waals surface area contributed by atoms with Gasteiger partial charge < -0.3 is 4.90 Å². The van der Waals surface area contributed by atoms with E-state index in [1.54, 1.807) is 12.1 Å². The molecule has 5 nitrogen and oxygen atoms in total. The van der Waals surface area contributed by atoms with Gasteiger partial charge in [-0.2, -0.15) is 0 Å². The third kappa shape index (κ3) is 4.58. The number of rotatable bonds is 5. The van der Waals surface area contributed by atoms with E-state index in [9.17, 15) is 9.18 Å². The van der Waals surface area contributed by atoms with Crippen molar-refractivity contribution in [3.8, 4) is 11.4 Å². The van der Waals surface area contributed by atoms with E-state index < -0.39 is 0 Å². The number of hydrogen-bond donors (Lipinski definition) is 0. The summed E-state index contributed by atoms with van der Waals surface area (Å²) in [7, 11) is 0. The zero-order valence-corrected chi connectivity index (χ0v) is 20.8. The van der Waals surface area contributed by atoms with E-state index in [0.717, 1.165) is 50.2 Å². The maximum absolute atomic E-state index is 14.6. The van der Waals surface area contributed by atoms with Crippen LogP contribution in [-0.4, -0.2) is 43.9 Å². The van der Waals surface area contributed by atoms with Crippen molar-refractivity contribution in [2.24, 2.45) is 10.8 Å². The highest BCUT2D eigenvalue weighted by molar-refractivity contribution is 7.99. The topological polar surface area (TPSA) is 51.0 Å². The van der Waals surface area contributed by atoms with E-state index in [-0.39, 0.29) is 28.6 Å². The van der Waals surface area contributed by atoms with Gasteiger partial charge in [0.25, 0.3) is 0 Å². The quantitative estimate of drug-likeness (QED) is 0.495. The Morgan fingerprint density at radius 3 is 2.61 bits per heavy atom. The molecule has 0 radical (unpaired) electrons. The summed E-state index contributed by atoms with van der Waals surface area (Å²) in [6.07, 6.45) is 9.01. The lowest BCUT2D eigenvalue weighted by Gasteiger charge is -2.39. The SMILES string of the molecule is CC1(C)CC2CC(C)(CN2C(=O)CSc2nnc(-c3ccccc3F)n2C2CCCCC2)C1. The fraction of sp³-hybridized carbons (Fsp3) is 0.654. The minimum Gasteiger partial charge on any atom is -0.338 e. The first-order valence-corrected chi connectivity index (χ1v) is 13.4. The van der Waals surface area contributed by atoms with Crippen LogP contribution in [0.4, 0.5) is 4.39 Å². The molecular weight excluding hydrogens is 435 g/mol. The van der Waals surface area contributed by atoms with Crippen molar-refractivity contribution in [1.82, 2.24) is 19.7 Å².